The molecule has 1 aromatic rings. The second kappa shape index (κ2) is 4.80. The van der Waals surface area contributed by atoms with Gasteiger partial charge in [0.25, 0.3) is 0 Å². The first-order valence-corrected chi connectivity index (χ1v) is 5.97. The number of hydrogen-bond acceptors (Lipinski definition) is 1. The normalized spacial score (nSPS) is 20.3. The summed E-state index contributed by atoms with van der Waals surface area (Å²) in [5.74, 6) is 0.624. The SMILES string of the molecule is CC(C)COC1CCCc2ccccc21. The summed E-state index contributed by atoms with van der Waals surface area (Å²) in [6.07, 6.45) is 4.01. The van der Waals surface area contributed by atoms with E-state index in [1.165, 1.54) is 30.4 Å². The summed E-state index contributed by atoms with van der Waals surface area (Å²) >= 11 is 0. The monoisotopic (exact) mass is 204 g/mol. The molecule has 0 bridgehead atoms. The maximum absolute atomic E-state index is 5.97. The molecule has 0 saturated heterocycles. The average Bonchev–Trinajstić information content (AvgIpc) is 2.26. The number of ether oxygens (including phenoxy) is 1. The van der Waals surface area contributed by atoms with Crippen molar-refractivity contribution in [2.45, 2.75) is 39.2 Å². The molecule has 1 heteroatoms. The van der Waals surface area contributed by atoms with Gasteiger partial charge in [0.15, 0.2) is 0 Å². The zero-order chi connectivity index (χ0) is 10.7. The molecule has 0 fully saturated rings. The van der Waals surface area contributed by atoms with Crippen LogP contribution in [0.25, 0.3) is 0 Å². The van der Waals surface area contributed by atoms with E-state index >= 15 is 0 Å². The highest BCUT2D eigenvalue weighted by Gasteiger charge is 2.20. The molecule has 2 rings (SSSR count). The molecule has 15 heavy (non-hydrogen) atoms. The fraction of sp³-hybridized carbons (Fsp3) is 0.571. The second-order valence-electron chi connectivity index (χ2n) is 4.81. The number of aryl methyl sites for hydroxylation is 1. The van der Waals surface area contributed by atoms with Gasteiger partial charge in [0.1, 0.15) is 0 Å². The van der Waals surface area contributed by atoms with Gasteiger partial charge in [0.05, 0.1) is 6.10 Å². The summed E-state index contributed by atoms with van der Waals surface area (Å²) in [7, 11) is 0. The molecule has 0 radical (unpaired) electrons. The van der Waals surface area contributed by atoms with Gasteiger partial charge in [0.2, 0.25) is 0 Å². The van der Waals surface area contributed by atoms with E-state index < -0.39 is 0 Å². The van der Waals surface area contributed by atoms with Crippen molar-refractivity contribution in [3.8, 4) is 0 Å². The quantitative estimate of drug-likeness (QED) is 0.729. The van der Waals surface area contributed by atoms with Gasteiger partial charge in [0, 0.05) is 6.61 Å². The Balaban J connectivity index is 2.08. The van der Waals surface area contributed by atoms with Crippen molar-refractivity contribution in [2.24, 2.45) is 5.92 Å². The highest BCUT2D eigenvalue weighted by Crippen LogP contribution is 2.32. The van der Waals surface area contributed by atoms with E-state index in [1.807, 2.05) is 0 Å². The van der Waals surface area contributed by atoms with Gasteiger partial charge < -0.3 is 4.74 Å². The van der Waals surface area contributed by atoms with Crippen molar-refractivity contribution >= 4 is 0 Å². The minimum Gasteiger partial charge on any atom is -0.373 e. The molecule has 0 amide bonds. The molecular weight excluding hydrogens is 184 g/mol. The summed E-state index contributed by atoms with van der Waals surface area (Å²) in [5.41, 5.74) is 2.90. The Morgan fingerprint density at radius 3 is 2.93 bits per heavy atom. The third-order valence-corrected chi connectivity index (χ3v) is 2.95. The predicted octanol–water partition coefficient (Wildman–Crippen LogP) is 3.74. The molecule has 1 aliphatic carbocycles. The number of rotatable bonds is 3. The highest BCUT2D eigenvalue weighted by molar-refractivity contribution is 5.31. The van der Waals surface area contributed by atoms with Crippen LogP contribution in [0.1, 0.15) is 43.9 Å². The van der Waals surface area contributed by atoms with E-state index in [2.05, 4.69) is 38.1 Å². The second-order valence-corrected chi connectivity index (χ2v) is 4.81. The van der Waals surface area contributed by atoms with Crippen molar-refractivity contribution in [1.29, 1.82) is 0 Å². The molecule has 0 saturated carbocycles. The Kier molecular flexibility index (Phi) is 3.42. The lowest BCUT2D eigenvalue weighted by Crippen LogP contribution is -2.15. The van der Waals surface area contributed by atoms with Crippen LogP contribution in [-0.2, 0) is 11.2 Å². The molecule has 1 unspecified atom stereocenters. The Labute approximate surface area is 92.5 Å². The number of hydrogen-bond donors (Lipinski definition) is 0. The molecule has 1 nitrogen and oxygen atoms in total. The number of fused-ring (bicyclic) bond motifs is 1. The van der Waals surface area contributed by atoms with Gasteiger partial charge >= 0.3 is 0 Å². The summed E-state index contributed by atoms with van der Waals surface area (Å²) < 4.78 is 5.97. The Morgan fingerprint density at radius 2 is 2.13 bits per heavy atom. The van der Waals surface area contributed by atoms with E-state index in [9.17, 15) is 0 Å². The van der Waals surface area contributed by atoms with Crippen molar-refractivity contribution in [1.82, 2.24) is 0 Å². The zero-order valence-corrected chi connectivity index (χ0v) is 9.70. The van der Waals surface area contributed by atoms with Crippen molar-refractivity contribution in [2.75, 3.05) is 6.61 Å². The Hall–Kier alpha value is -0.820. The third-order valence-electron chi connectivity index (χ3n) is 2.95. The highest BCUT2D eigenvalue weighted by atomic mass is 16.5. The number of benzene rings is 1. The van der Waals surface area contributed by atoms with Crippen molar-refractivity contribution < 1.29 is 4.74 Å². The largest absolute Gasteiger partial charge is 0.373 e. The molecule has 0 heterocycles. The van der Waals surface area contributed by atoms with Crippen molar-refractivity contribution in [3.05, 3.63) is 35.4 Å². The maximum Gasteiger partial charge on any atom is 0.0827 e. The van der Waals surface area contributed by atoms with Gasteiger partial charge in [-0.25, -0.2) is 0 Å². The van der Waals surface area contributed by atoms with Crippen molar-refractivity contribution in [3.63, 3.8) is 0 Å². The fourth-order valence-corrected chi connectivity index (χ4v) is 2.19. The van der Waals surface area contributed by atoms with Crippen LogP contribution >= 0.6 is 0 Å². The minimum absolute atomic E-state index is 0.345. The predicted molar refractivity (Wildman–Crippen MR) is 62.9 cm³/mol. The van der Waals surface area contributed by atoms with Gasteiger partial charge in [-0.15, -0.1) is 0 Å². The standard InChI is InChI=1S/C14H20O/c1-11(2)10-15-14-9-5-7-12-6-3-4-8-13(12)14/h3-4,6,8,11,14H,5,7,9-10H2,1-2H3. The van der Waals surface area contributed by atoms with Gasteiger partial charge in [-0.3, -0.25) is 0 Å². The average molecular weight is 204 g/mol. The van der Waals surface area contributed by atoms with Crippen LogP contribution < -0.4 is 0 Å². The maximum atomic E-state index is 5.97. The van der Waals surface area contributed by atoms with E-state index in [0.717, 1.165) is 6.61 Å². The fourth-order valence-electron chi connectivity index (χ4n) is 2.19. The van der Waals surface area contributed by atoms with Crippen LogP contribution in [-0.4, -0.2) is 6.61 Å². The molecule has 0 spiro atoms. The Bertz CT molecular complexity index is 317. The lowest BCUT2D eigenvalue weighted by molar-refractivity contribution is 0.0243. The molecule has 1 atom stereocenters. The van der Waals surface area contributed by atoms with Crippen LogP contribution in [0.15, 0.2) is 24.3 Å². The summed E-state index contributed by atoms with van der Waals surface area (Å²) in [4.78, 5) is 0. The molecule has 1 aromatic carbocycles. The molecule has 0 aliphatic heterocycles. The smallest absolute Gasteiger partial charge is 0.0827 e. The minimum atomic E-state index is 0.345. The van der Waals surface area contributed by atoms with E-state index in [0.29, 0.717) is 12.0 Å². The Morgan fingerprint density at radius 1 is 1.33 bits per heavy atom. The molecule has 0 N–H and O–H groups in total. The first-order chi connectivity index (χ1) is 7.27. The summed E-state index contributed by atoms with van der Waals surface area (Å²) in [6, 6.07) is 8.71. The van der Waals surface area contributed by atoms with Crippen LogP contribution in [0, 0.1) is 5.92 Å². The lowest BCUT2D eigenvalue weighted by atomic mass is 9.89. The third kappa shape index (κ3) is 2.60. The van der Waals surface area contributed by atoms with Gasteiger partial charge in [-0.2, -0.15) is 0 Å². The summed E-state index contributed by atoms with van der Waals surface area (Å²) in [5, 5.41) is 0. The topological polar surface area (TPSA) is 9.23 Å². The van der Waals surface area contributed by atoms with Crippen LogP contribution in [0.5, 0.6) is 0 Å². The molecule has 1 aliphatic rings. The van der Waals surface area contributed by atoms with E-state index in [-0.39, 0.29) is 0 Å². The van der Waals surface area contributed by atoms with E-state index in [1.54, 1.807) is 0 Å². The van der Waals surface area contributed by atoms with Gasteiger partial charge in [-0.1, -0.05) is 38.1 Å². The first-order valence-electron chi connectivity index (χ1n) is 5.97. The first kappa shape index (κ1) is 10.7. The lowest BCUT2D eigenvalue weighted by Gasteiger charge is -2.26. The summed E-state index contributed by atoms with van der Waals surface area (Å²) in [6.45, 7) is 5.28. The van der Waals surface area contributed by atoms with Crippen LogP contribution in [0.3, 0.4) is 0 Å². The van der Waals surface area contributed by atoms with Crippen LogP contribution in [0.2, 0.25) is 0 Å². The molecule has 82 valence electrons. The van der Waals surface area contributed by atoms with E-state index in [4.69, 9.17) is 4.74 Å². The van der Waals surface area contributed by atoms with Gasteiger partial charge in [-0.05, 0) is 36.3 Å². The van der Waals surface area contributed by atoms with Crippen LogP contribution in [0.4, 0.5) is 0 Å². The zero-order valence-electron chi connectivity index (χ0n) is 9.70. The molecule has 0 aromatic heterocycles. The molecular formula is C14H20O.